The number of ether oxygens (including phenoxy) is 1. The molecule has 2 rings (SSSR count). The van der Waals surface area contributed by atoms with E-state index in [1.54, 1.807) is 0 Å². The molecule has 0 bridgehead atoms. The lowest BCUT2D eigenvalue weighted by Gasteiger charge is -2.19. The zero-order chi connectivity index (χ0) is 13.8. The van der Waals surface area contributed by atoms with Crippen LogP contribution in [0.25, 0.3) is 0 Å². The summed E-state index contributed by atoms with van der Waals surface area (Å²) in [6.07, 6.45) is 1.66. The van der Waals surface area contributed by atoms with E-state index in [2.05, 4.69) is 30.4 Å². The van der Waals surface area contributed by atoms with Crippen LogP contribution in [0.5, 0.6) is 0 Å². The normalized spacial score (nSPS) is 21.5. The van der Waals surface area contributed by atoms with Gasteiger partial charge < -0.3 is 10.1 Å². The third-order valence-corrected chi connectivity index (χ3v) is 3.60. The highest BCUT2D eigenvalue weighted by Gasteiger charge is 2.29. The molecular weight excluding hydrogens is 238 g/mol. The summed E-state index contributed by atoms with van der Waals surface area (Å²) in [4.78, 5) is 11.9. The quantitative estimate of drug-likeness (QED) is 0.885. The van der Waals surface area contributed by atoms with Crippen LogP contribution >= 0.6 is 0 Å². The molecule has 2 atom stereocenters. The first-order chi connectivity index (χ1) is 9.08. The second-order valence-electron chi connectivity index (χ2n) is 5.59. The van der Waals surface area contributed by atoms with E-state index in [0.717, 1.165) is 6.42 Å². The average Bonchev–Trinajstić information content (AvgIpc) is 2.66. The van der Waals surface area contributed by atoms with Gasteiger partial charge in [0.1, 0.15) is 0 Å². The van der Waals surface area contributed by atoms with Gasteiger partial charge in [0.25, 0.3) is 0 Å². The van der Waals surface area contributed by atoms with Gasteiger partial charge in [0.05, 0.1) is 18.8 Å². The molecule has 0 spiro atoms. The Balaban J connectivity index is 1.90. The van der Waals surface area contributed by atoms with Gasteiger partial charge in [-0.1, -0.05) is 31.2 Å². The van der Waals surface area contributed by atoms with Crippen molar-refractivity contribution in [3.63, 3.8) is 0 Å². The topological polar surface area (TPSA) is 38.3 Å². The molecule has 0 unspecified atom stereocenters. The molecule has 1 aliphatic rings. The van der Waals surface area contributed by atoms with Crippen molar-refractivity contribution in [2.75, 3.05) is 6.61 Å². The summed E-state index contributed by atoms with van der Waals surface area (Å²) in [7, 11) is 0. The lowest BCUT2D eigenvalue weighted by molar-refractivity contribution is -0.123. The van der Waals surface area contributed by atoms with Gasteiger partial charge >= 0.3 is 0 Å². The Kier molecular flexibility index (Phi) is 4.59. The summed E-state index contributed by atoms with van der Waals surface area (Å²) >= 11 is 0. The molecular formula is C16H23NO2. The lowest BCUT2D eigenvalue weighted by atomic mass is 10.0. The second-order valence-corrected chi connectivity index (χ2v) is 5.59. The predicted molar refractivity (Wildman–Crippen MR) is 75.9 cm³/mol. The van der Waals surface area contributed by atoms with Gasteiger partial charge in [-0.2, -0.15) is 0 Å². The maximum absolute atomic E-state index is 11.9. The lowest BCUT2D eigenvalue weighted by Crippen LogP contribution is -2.31. The molecule has 3 heteroatoms. The Bertz CT molecular complexity index is 442. The first-order valence-corrected chi connectivity index (χ1v) is 7.06. The van der Waals surface area contributed by atoms with Crippen LogP contribution in [-0.4, -0.2) is 18.6 Å². The van der Waals surface area contributed by atoms with Crippen LogP contribution in [0, 0.1) is 5.92 Å². The molecule has 0 heterocycles. The van der Waals surface area contributed by atoms with Crippen molar-refractivity contribution in [2.45, 2.75) is 45.8 Å². The SMILES string of the molecule is CC(C)OCCC(=O)N[C@@H]1c2ccccc2C[C@H]1C. The Morgan fingerprint density at radius 3 is 2.89 bits per heavy atom. The van der Waals surface area contributed by atoms with Crippen LogP contribution in [-0.2, 0) is 16.0 Å². The zero-order valence-electron chi connectivity index (χ0n) is 12.0. The van der Waals surface area contributed by atoms with Crippen LogP contribution in [0.1, 0.15) is 44.4 Å². The Hall–Kier alpha value is -1.35. The highest BCUT2D eigenvalue weighted by molar-refractivity contribution is 5.76. The molecule has 1 aromatic carbocycles. The van der Waals surface area contributed by atoms with E-state index < -0.39 is 0 Å². The van der Waals surface area contributed by atoms with Gasteiger partial charge in [-0.3, -0.25) is 4.79 Å². The van der Waals surface area contributed by atoms with E-state index in [-0.39, 0.29) is 18.1 Å². The van der Waals surface area contributed by atoms with Gasteiger partial charge in [-0.05, 0) is 37.3 Å². The summed E-state index contributed by atoms with van der Waals surface area (Å²) < 4.78 is 5.41. The standard InChI is InChI=1S/C16H23NO2/c1-11(2)19-9-8-15(18)17-16-12(3)10-13-6-4-5-7-14(13)16/h4-7,11-12,16H,8-10H2,1-3H3,(H,17,18)/t12-,16+/m1/s1. The Morgan fingerprint density at radius 1 is 1.42 bits per heavy atom. The molecule has 1 aromatic rings. The molecule has 19 heavy (non-hydrogen) atoms. The van der Waals surface area contributed by atoms with Crippen molar-refractivity contribution in [2.24, 2.45) is 5.92 Å². The first kappa shape index (κ1) is 14.1. The first-order valence-electron chi connectivity index (χ1n) is 7.06. The van der Waals surface area contributed by atoms with E-state index in [4.69, 9.17) is 4.74 Å². The Morgan fingerprint density at radius 2 is 2.16 bits per heavy atom. The largest absolute Gasteiger partial charge is 0.378 e. The summed E-state index contributed by atoms with van der Waals surface area (Å²) in [5.74, 6) is 0.543. The number of benzene rings is 1. The van der Waals surface area contributed by atoms with E-state index in [1.807, 2.05) is 19.9 Å². The van der Waals surface area contributed by atoms with Crippen LogP contribution in [0.3, 0.4) is 0 Å². The molecule has 0 saturated carbocycles. The minimum Gasteiger partial charge on any atom is -0.378 e. The van der Waals surface area contributed by atoms with Crippen molar-refractivity contribution in [3.05, 3.63) is 35.4 Å². The van der Waals surface area contributed by atoms with Crippen molar-refractivity contribution in [1.82, 2.24) is 5.32 Å². The van der Waals surface area contributed by atoms with Crippen LogP contribution in [0.4, 0.5) is 0 Å². The third kappa shape index (κ3) is 3.57. The molecule has 0 saturated heterocycles. The van der Waals surface area contributed by atoms with Crippen molar-refractivity contribution in [1.29, 1.82) is 0 Å². The number of amides is 1. The average molecular weight is 261 g/mol. The minimum absolute atomic E-state index is 0.0780. The number of hydrogen-bond donors (Lipinski definition) is 1. The van der Waals surface area contributed by atoms with Gasteiger partial charge in [0, 0.05) is 6.42 Å². The number of carbonyl (C=O) groups excluding carboxylic acids is 1. The van der Waals surface area contributed by atoms with E-state index >= 15 is 0 Å². The summed E-state index contributed by atoms with van der Waals surface area (Å²) in [6, 6.07) is 8.53. The molecule has 1 N–H and O–H groups in total. The van der Waals surface area contributed by atoms with Gasteiger partial charge in [-0.15, -0.1) is 0 Å². The van der Waals surface area contributed by atoms with Crippen molar-refractivity contribution >= 4 is 5.91 Å². The van der Waals surface area contributed by atoms with Gasteiger partial charge in [-0.25, -0.2) is 0 Å². The van der Waals surface area contributed by atoms with E-state index in [9.17, 15) is 4.79 Å². The van der Waals surface area contributed by atoms with Crippen LogP contribution in [0.2, 0.25) is 0 Å². The molecule has 0 fully saturated rings. The van der Waals surface area contributed by atoms with Gasteiger partial charge in [0.2, 0.25) is 5.91 Å². The second kappa shape index (κ2) is 6.20. The summed E-state index contributed by atoms with van der Waals surface area (Å²) in [5, 5.41) is 3.14. The maximum Gasteiger partial charge on any atom is 0.222 e. The number of hydrogen-bond acceptors (Lipinski definition) is 2. The number of rotatable bonds is 5. The monoisotopic (exact) mass is 261 g/mol. The zero-order valence-corrected chi connectivity index (χ0v) is 12.0. The fourth-order valence-electron chi connectivity index (χ4n) is 2.65. The third-order valence-electron chi connectivity index (χ3n) is 3.60. The smallest absolute Gasteiger partial charge is 0.222 e. The molecule has 3 nitrogen and oxygen atoms in total. The Labute approximate surface area is 115 Å². The van der Waals surface area contributed by atoms with Crippen molar-refractivity contribution in [3.8, 4) is 0 Å². The minimum atomic E-state index is 0.0780. The molecule has 104 valence electrons. The number of fused-ring (bicyclic) bond motifs is 1. The molecule has 0 aromatic heterocycles. The molecule has 0 radical (unpaired) electrons. The number of nitrogens with one attached hydrogen (secondary N) is 1. The summed E-state index contributed by atoms with van der Waals surface area (Å²) in [6.45, 7) is 6.64. The predicted octanol–water partition coefficient (Wildman–Crippen LogP) is 2.85. The number of carbonyl (C=O) groups is 1. The van der Waals surface area contributed by atoms with Crippen LogP contribution in [0.15, 0.2) is 24.3 Å². The maximum atomic E-state index is 11.9. The fraction of sp³-hybridized carbons (Fsp3) is 0.562. The van der Waals surface area contributed by atoms with Crippen molar-refractivity contribution < 1.29 is 9.53 Å². The molecule has 1 amide bonds. The van der Waals surface area contributed by atoms with E-state index in [1.165, 1.54) is 11.1 Å². The molecule has 1 aliphatic carbocycles. The highest BCUT2D eigenvalue weighted by Crippen LogP contribution is 2.35. The fourth-order valence-corrected chi connectivity index (χ4v) is 2.65. The molecule has 0 aliphatic heterocycles. The van der Waals surface area contributed by atoms with Gasteiger partial charge in [0.15, 0.2) is 0 Å². The summed E-state index contributed by atoms with van der Waals surface area (Å²) in [5.41, 5.74) is 2.63. The highest BCUT2D eigenvalue weighted by atomic mass is 16.5. The van der Waals surface area contributed by atoms with Crippen LogP contribution < -0.4 is 5.32 Å². The van der Waals surface area contributed by atoms with E-state index in [0.29, 0.717) is 18.9 Å².